The number of rotatable bonds is 9. The van der Waals surface area contributed by atoms with Crippen LogP contribution >= 0.6 is 11.3 Å². The average Bonchev–Trinajstić information content (AvgIpc) is 3.08. The molecule has 6 heteroatoms. The van der Waals surface area contributed by atoms with Gasteiger partial charge in [-0.15, -0.1) is 11.3 Å². The van der Waals surface area contributed by atoms with E-state index in [1.807, 2.05) is 39.8 Å². The van der Waals surface area contributed by atoms with Gasteiger partial charge in [-0.05, 0) is 49.1 Å². The quantitative estimate of drug-likeness (QED) is 0.491. The maximum atomic E-state index is 12.2. The van der Waals surface area contributed by atoms with Gasteiger partial charge in [-0.3, -0.25) is 4.79 Å². The minimum atomic E-state index is -3.06. The topological polar surface area (TPSA) is 60.4 Å². The van der Waals surface area contributed by atoms with Gasteiger partial charge in [-0.1, -0.05) is 46.8 Å². The standard InChI is InChI=1S/C24H34O4S2/c1-8-24(9-2,22-13-11-19(29-22)16-30(7,26)27)18-10-12-20(17(3)14-18)28-15-21(25)23(4,5)6/h10-14H,8-9,15-16H2,1-7H3. The fourth-order valence-corrected chi connectivity index (χ4v) is 6.24. The molecule has 0 aliphatic rings. The van der Waals surface area contributed by atoms with E-state index in [9.17, 15) is 13.2 Å². The Morgan fingerprint density at radius 2 is 1.70 bits per heavy atom. The molecule has 4 nitrogen and oxygen atoms in total. The molecule has 1 heterocycles. The zero-order valence-electron chi connectivity index (χ0n) is 19.2. The summed E-state index contributed by atoms with van der Waals surface area (Å²) in [5, 5.41) is 0. The Kier molecular flexibility index (Phi) is 7.57. The molecule has 0 amide bonds. The number of carbonyl (C=O) groups excluding carboxylic acids is 1. The van der Waals surface area contributed by atoms with Gasteiger partial charge < -0.3 is 4.74 Å². The van der Waals surface area contributed by atoms with Crippen molar-refractivity contribution in [2.75, 3.05) is 12.9 Å². The van der Waals surface area contributed by atoms with Gasteiger partial charge in [0.05, 0.1) is 5.75 Å². The number of Topliss-reactive ketones (excluding diaryl/α,β-unsaturated/α-hetero) is 1. The molecule has 30 heavy (non-hydrogen) atoms. The predicted molar refractivity (Wildman–Crippen MR) is 125 cm³/mol. The van der Waals surface area contributed by atoms with Crippen molar-refractivity contribution in [2.24, 2.45) is 5.41 Å². The second-order valence-electron chi connectivity index (χ2n) is 9.07. The largest absolute Gasteiger partial charge is 0.486 e. The van der Waals surface area contributed by atoms with Gasteiger partial charge in [0.1, 0.15) is 12.4 Å². The van der Waals surface area contributed by atoms with Crippen LogP contribution in [0.5, 0.6) is 5.75 Å². The van der Waals surface area contributed by atoms with Crippen molar-refractivity contribution in [3.05, 3.63) is 51.2 Å². The summed E-state index contributed by atoms with van der Waals surface area (Å²) in [6.45, 7) is 12.1. The van der Waals surface area contributed by atoms with E-state index in [4.69, 9.17) is 4.74 Å². The Morgan fingerprint density at radius 3 is 2.20 bits per heavy atom. The molecular formula is C24H34O4S2. The zero-order valence-corrected chi connectivity index (χ0v) is 20.8. The van der Waals surface area contributed by atoms with Crippen LogP contribution in [0.15, 0.2) is 30.3 Å². The highest BCUT2D eigenvalue weighted by molar-refractivity contribution is 7.90. The van der Waals surface area contributed by atoms with Gasteiger partial charge in [-0.25, -0.2) is 8.42 Å². The molecule has 0 aliphatic heterocycles. The van der Waals surface area contributed by atoms with E-state index < -0.39 is 15.3 Å². The first kappa shape index (κ1) is 24.6. The van der Waals surface area contributed by atoms with Gasteiger partial charge >= 0.3 is 0 Å². The van der Waals surface area contributed by atoms with E-state index >= 15 is 0 Å². The molecule has 166 valence electrons. The molecule has 2 rings (SSSR count). The van der Waals surface area contributed by atoms with Gasteiger partial charge in [0, 0.05) is 26.8 Å². The number of benzene rings is 1. The van der Waals surface area contributed by atoms with Crippen molar-refractivity contribution in [2.45, 2.75) is 65.6 Å². The number of ether oxygens (including phenoxy) is 1. The first-order chi connectivity index (χ1) is 13.8. The van der Waals surface area contributed by atoms with E-state index in [1.54, 1.807) is 11.3 Å². The fraction of sp³-hybridized carbons (Fsp3) is 0.542. The highest BCUT2D eigenvalue weighted by Gasteiger charge is 2.33. The maximum absolute atomic E-state index is 12.2. The number of hydrogen-bond donors (Lipinski definition) is 0. The minimum Gasteiger partial charge on any atom is -0.486 e. The van der Waals surface area contributed by atoms with Crippen molar-refractivity contribution < 1.29 is 17.9 Å². The van der Waals surface area contributed by atoms with Crippen LogP contribution < -0.4 is 4.74 Å². The van der Waals surface area contributed by atoms with E-state index in [-0.39, 0.29) is 23.6 Å². The summed E-state index contributed by atoms with van der Waals surface area (Å²) in [5.41, 5.74) is 1.59. The van der Waals surface area contributed by atoms with Gasteiger partial charge in [-0.2, -0.15) is 0 Å². The summed E-state index contributed by atoms with van der Waals surface area (Å²) in [6.07, 6.45) is 3.08. The SMILES string of the molecule is CCC(CC)(c1ccc(OCC(=O)C(C)(C)C)c(C)c1)c1ccc(CS(C)(=O)=O)s1. The maximum Gasteiger partial charge on any atom is 0.175 e. The van der Waals surface area contributed by atoms with E-state index in [2.05, 4.69) is 32.0 Å². The number of sulfone groups is 1. The van der Waals surface area contributed by atoms with Crippen molar-refractivity contribution in [3.63, 3.8) is 0 Å². The summed E-state index contributed by atoms with van der Waals surface area (Å²) in [5.74, 6) is 0.871. The first-order valence-corrected chi connectivity index (χ1v) is 13.2. The minimum absolute atomic E-state index is 0.0656. The molecule has 0 unspecified atom stereocenters. The second kappa shape index (κ2) is 9.23. The van der Waals surface area contributed by atoms with Crippen molar-refractivity contribution in [1.29, 1.82) is 0 Å². The van der Waals surface area contributed by atoms with Crippen molar-refractivity contribution in [3.8, 4) is 5.75 Å². The Hall–Kier alpha value is -1.66. The van der Waals surface area contributed by atoms with Crippen LogP contribution in [0.25, 0.3) is 0 Å². The van der Waals surface area contributed by atoms with Crippen LogP contribution in [0.2, 0.25) is 0 Å². The predicted octanol–water partition coefficient (Wildman–Crippen LogP) is 5.70. The molecule has 0 N–H and O–H groups in total. The van der Waals surface area contributed by atoms with Crippen LogP contribution in [-0.2, 0) is 25.8 Å². The monoisotopic (exact) mass is 450 g/mol. The van der Waals surface area contributed by atoms with Crippen LogP contribution in [-0.4, -0.2) is 27.1 Å². The van der Waals surface area contributed by atoms with Crippen molar-refractivity contribution >= 4 is 27.0 Å². The Bertz CT molecular complexity index is 990. The molecule has 0 radical (unpaired) electrons. The summed E-state index contributed by atoms with van der Waals surface area (Å²) in [4.78, 5) is 14.2. The molecule has 0 saturated carbocycles. The van der Waals surface area contributed by atoms with Gasteiger partial charge in [0.15, 0.2) is 15.6 Å². The summed E-state index contributed by atoms with van der Waals surface area (Å²) >= 11 is 1.58. The van der Waals surface area contributed by atoms with Gasteiger partial charge in [0.25, 0.3) is 0 Å². The molecule has 0 saturated heterocycles. The molecule has 0 aliphatic carbocycles. The Labute approximate surface area is 185 Å². The lowest BCUT2D eigenvalue weighted by Gasteiger charge is -2.32. The summed E-state index contributed by atoms with van der Waals surface area (Å²) in [6, 6.07) is 10.2. The number of hydrogen-bond acceptors (Lipinski definition) is 5. The third kappa shape index (κ3) is 5.73. The number of aryl methyl sites for hydroxylation is 1. The second-order valence-corrected chi connectivity index (χ2v) is 12.4. The molecule has 0 spiro atoms. The molecule has 1 aromatic carbocycles. The Morgan fingerprint density at radius 1 is 1.07 bits per heavy atom. The number of thiophene rings is 1. The third-order valence-corrected chi connectivity index (χ3v) is 7.98. The van der Waals surface area contributed by atoms with E-state index in [0.717, 1.165) is 29.0 Å². The van der Waals surface area contributed by atoms with E-state index in [1.165, 1.54) is 16.7 Å². The lowest BCUT2D eigenvalue weighted by molar-refractivity contribution is -0.128. The lowest BCUT2D eigenvalue weighted by Crippen LogP contribution is -2.27. The van der Waals surface area contributed by atoms with E-state index in [0.29, 0.717) is 0 Å². The van der Waals surface area contributed by atoms with Gasteiger partial charge in [0.2, 0.25) is 0 Å². The first-order valence-electron chi connectivity index (χ1n) is 10.4. The Balaban J connectivity index is 2.34. The van der Waals surface area contributed by atoms with Crippen LogP contribution in [0.1, 0.15) is 68.3 Å². The zero-order chi connectivity index (χ0) is 22.7. The molecule has 1 aromatic heterocycles. The highest BCUT2D eigenvalue weighted by atomic mass is 32.2. The molecule has 0 bridgehead atoms. The normalized spacial score (nSPS) is 12.8. The molecule has 0 atom stereocenters. The third-order valence-electron chi connectivity index (χ3n) is 5.67. The summed E-state index contributed by atoms with van der Waals surface area (Å²) in [7, 11) is -3.06. The van der Waals surface area contributed by atoms with Crippen LogP contribution in [0.4, 0.5) is 0 Å². The number of ketones is 1. The smallest absolute Gasteiger partial charge is 0.175 e. The molecule has 0 fully saturated rings. The van der Waals surface area contributed by atoms with Crippen molar-refractivity contribution in [1.82, 2.24) is 0 Å². The fourth-order valence-electron chi connectivity index (χ4n) is 3.59. The highest BCUT2D eigenvalue weighted by Crippen LogP contribution is 2.43. The molecular weight excluding hydrogens is 416 g/mol. The molecule has 2 aromatic rings. The summed E-state index contributed by atoms with van der Waals surface area (Å²) < 4.78 is 29.2. The average molecular weight is 451 g/mol. The lowest BCUT2D eigenvalue weighted by atomic mass is 9.74. The van der Waals surface area contributed by atoms with Crippen LogP contribution in [0.3, 0.4) is 0 Å². The van der Waals surface area contributed by atoms with Crippen LogP contribution in [0, 0.1) is 12.3 Å². The number of carbonyl (C=O) groups is 1.